The molecule has 1 aromatic carbocycles. The van der Waals surface area contributed by atoms with E-state index in [1.807, 2.05) is 24.5 Å². The molecule has 0 atom stereocenters. The van der Waals surface area contributed by atoms with Gasteiger partial charge in [-0.2, -0.15) is 0 Å². The summed E-state index contributed by atoms with van der Waals surface area (Å²) in [5.41, 5.74) is 0.134. The Bertz CT molecular complexity index is 616. The molecule has 2 aromatic rings. The van der Waals surface area contributed by atoms with Crippen molar-refractivity contribution in [3.8, 4) is 11.6 Å². The summed E-state index contributed by atoms with van der Waals surface area (Å²) in [4.78, 5) is 16.3. The van der Waals surface area contributed by atoms with Gasteiger partial charge in [0.15, 0.2) is 5.78 Å². The highest BCUT2D eigenvalue weighted by Crippen LogP contribution is 2.27. The van der Waals surface area contributed by atoms with Gasteiger partial charge in [-0.1, -0.05) is 6.07 Å². The lowest BCUT2D eigenvalue weighted by Crippen LogP contribution is -2.00. The molecule has 19 heavy (non-hydrogen) atoms. The number of carbonyl (C=O) groups excluding carboxylic acids is 1. The van der Waals surface area contributed by atoms with Crippen molar-refractivity contribution in [2.75, 3.05) is 6.26 Å². The Morgan fingerprint density at radius 3 is 2.84 bits per heavy atom. The molecule has 0 amide bonds. The number of thioether (sulfide) groups is 1. The Kier molecular flexibility index (Phi) is 4.16. The van der Waals surface area contributed by atoms with Crippen molar-refractivity contribution in [3.05, 3.63) is 47.9 Å². The SMILES string of the molecule is CSc1cccc(Oc2ncc(F)cc2C(C)=O)c1. The number of hydrogen-bond acceptors (Lipinski definition) is 4. The number of benzene rings is 1. The Labute approximate surface area is 114 Å². The summed E-state index contributed by atoms with van der Waals surface area (Å²) in [5.74, 6) is -0.168. The highest BCUT2D eigenvalue weighted by molar-refractivity contribution is 7.98. The first-order chi connectivity index (χ1) is 9.10. The summed E-state index contributed by atoms with van der Waals surface area (Å²) >= 11 is 1.58. The van der Waals surface area contributed by atoms with Crippen molar-refractivity contribution in [2.45, 2.75) is 11.8 Å². The number of rotatable bonds is 4. The van der Waals surface area contributed by atoms with Gasteiger partial charge < -0.3 is 4.74 Å². The number of pyridine rings is 1. The summed E-state index contributed by atoms with van der Waals surface area (Å²) in [5, 5.41) is 0. The van der Waals surface area contributed by atoms with Crippen LogP contribution in [0.2, 0.25) is 0 Å². The van der Waals surface area contributed by atoms with Gasteiger partial charge in [0.1, 0.15) is 11.6 Å². The average Bonchev–Trinajstić information content (AvgIpc) is 2.41. The van der Waals surface area contributed by atoms with Gasteiger partial charge in [-0.25, -0.2) is 9.37 Å². The Morgan fingerprint density at radius 1 is 1.37 bits per heavy atom. The minimum absolute atomic E-state index is 0.118. The summed E-state index contributed by atoms with van der Waals surface area (Å²) in [6, 6.07) is 8.51. The third kappa shape index (κ3) is 3.32. The zero-order valence-corrected chi connectivity index (χ0v) is 11.3. The van der Waals surface area contributed by atoms with Crippen LogP contribution in [0.15, 0.2) is 41.4 Å². The minimum atomic E-state index is -0.560. The van der Waals surface area contributed by atoms with E-state index < -0.39 is 5.82 Å². The molecular weight excluding hydrogens is 265 g/mol. The van der Waals surface area contributed by atoms with E-state index in [1.54, 1.807) is 17.8 Å². The first-order valence-electron chi connectivity index (χ1n) is 5.58. The van der Waals surface area contributed by atoms with Crippen molar-refractivity contribution in [3.63, 3.8) is 0 Å². The maximum Gasteiger partial charge on any atom is 0.230 e. The van der Waals surface area contributed by atoms with E-state index in [4.69, 9.17) is 4.74 Å². The summed E-state index contributed by atoms with van der Waals surface area (Å²) < 4.78 is 18.6. The molecule has 0 unspecified atom stereocenters. The van der Waals surface area contributed by atoms with Gasteiger partial charge in [0.25, 0.3) is 0 Å². The molecule has 3 nitrogen and oxygen atoms in total. The highest BCUT2D eigenvalue weighted by Gasteiger charge is 2.12. The monoisotopic (exact) mass is 277 g/mol. The van der Waals surface area contributed by atoms with Crippen LogP contribution in [0.25, 0.3) is 0 Å². The molecule has 5 heteroatoms. The van der Waals surface area contributed by atoms with Gasteiger partial charge in [0, 0.05) is 4.90 Å². The Balaban J connectivity index is 2.34. The number of nitrogens with zero attached hydrogens (tertiary/aromatic N) is 1. The summed E-state index contributed by atoms with van der Waals surface area (Å²) in [6.07, 6.45) is 2.98. The van der Waals surface area contributed by atoms with Crippen LogP contribution in [0.5, 0.6) is 11.6 Å². The number of Topliss-reactive ketones (excluding diaryl/α,β-unsaturated/α-hetero) is 1. The van der Waals surface area contributed by atoms with E-state index in [1.165, 1.54) is 6.92 Å². The number of ketones is 1. The number of halogens is 1. The Morgan fingerprint density at radius 2 is 2.16 bits per heavy atom. The molecule has 0 saturated heterocycles. The highest BCUT2D eigenvalue weighted by atomic mass is 32.2. The molecule has 0 fully saturated rings. The van der Waals surface area contributed by atoms with Crippen LogP contribution in [0.3, 0.4) is 0 Å². The molecule has 1 heterocycles. The summed E-state index contributed by atoms with van der Waals surface area (Å²) in [6.45, 7) is 1.35. The molecule has 0 aliphatic carbocycles. The zero-order chi connectivity index (χ0) is 13.8. The zero-order valence-electron chi connectivity index (χ0n) is 10.5. The second-order valence-corrected chi connectivity index (χ2v) is 4.72. The number of ether oxygens (including phenoxy) is 1. The number of aromatic nitrogens is 1. The van der Waals surface area contributed by atoms with Crippen molar-refractivity contribution < 1.29 is 13.9 Å². The molecule has 0 spiro atoms. The topological polar surface area (TPSA) is 39.2 Å². The lowest BCUT2D eigenvalue weighted by molar-refractivity contribution is 0.101. The van der Waals surface area contributed by atoms with Gasteiger partial charge in [-0.3, -0.25) is 4.79 Å². The van der Waals surface area contributed by atoms with E-state index in [0.717, 1.165) is 17.2 Å². The third-order valence-electron chi connectivity index (χ3n) is 2.45. The molecular formula is C14H12FNO2S. The molecule has 0 radical (unpaired) electrons. The van der Waals surface area contributed by atoms with Gasteiger partial charge in [-0.05, 0) is 37.4 Å². The first kappa shape index (κ1) is 13.5. The quantitative estimate of drug-likeness (QED) is 0.627. The van der Waals surface area contributed by atoms with Gasteiger partial charge >= 0.3 is 0 Å². The van der Waals surface area contributed by atoms with Crippen LogP contribution in [-0.4, -0.2) is 17.0 Å². The van der Waals surface area contributed by atoms with E-state index in [9.17, 15) is 9.18 Å². The fraction of sp³-hybridized carbons (Fsp3) is 0.143. The van der Waals surface area contributed by atoms with E-state index in [2.05, 4.69) is 4.98 Å². The predicted octanol–water partition coefficient (Wildman–Crippen LogP) is 3.94. The smallest absolute Gasteiger partial charge is 0.230 e. The normalized spacial score (nSPS) is 10.3. The molecule has 0 aliphatic rings. The molecule has 1 aromatic heterocycles. The van der Waals surface area contributed by atoms with Crippen molar-refractivity contribution in [1.29, 1.82) is 0 Å². The van der Waals surface area contributed by atoms with Crippen molar-refractivity contribution in [2.24, 2.45) is 0 Å². The number of hydrogen-bond donors (Lipinski definition) is 0. The van der Waals surface area contributed by atoms with E-state index in [0.29, 0.717) is 5.75 Å². The first-order valence-corrected chi connectivity index (χ1v) is 6.81. The van der Waals surface area contributed by atoms with Crippen molar-refractivity contribution >= 4 is 17.5 Å². The second kappa shape index (κ2) is 5.84. The minimum Gasteiger partial charge on any atom is -0.438 e. The molecule has 2 rings (SSSR count). The molecule has 0 saturated carbocycles. The van der Waals surface area contributed by atoms with Crippen LogP contribution in [0.4, 0.5) is 4.39 Å². The molecule has 0 N–H and O–H groups in total. The molecule has 98 valence electrons. The largest absolute Gasteiger partial charge is 0.438 e. The maximum absolute atomic E-state index is 13.1. The second-order valence-electron chi connectivity index (χ2n) is 3.84. The molecule has 0 bridgehead atoms. The lowest BCUT2D eigenvalue weighted by atomic mass is 10.2. The average molecular weight is 277 g/mol. The van der Waals surface area contributed by atoms with Crippen LogP contribution in [0.1, 0.15) is 17.3 Å². The van der Waals surface area contributed by atoms with Crippen LogP contribution in [0, 0.1) is 5.82 Å². The van der Waals surface area contributed by atoms with Crippen molar-refractivity contribution in [1.82, 2.24) is 4.98 Å². The fourth-order valence-electron chi connectivity index (χ4n) is 1.54. The van der Waals surface area contributed by atoms with Crippen LogP contribution >= 0.6 is 11.8 Å². The fourth-order valence-corrected chi connectivity index (χ4v) is 1.99. The molecule has 0 aliphatic heterocycles. The maximum atomic E-state index is 13.1. The van der Waals surface area contributed by atoms with E-state index in [-0.39, 0.29) is 17.2 Å². The predicted molar refractivity (Wildman–Crippen MR) is 72.5 cm³/mol. The lowest BCUT2D eigenvalue weighted by Gasteiger charge is -2.08. The van der Waals surface area contributed by atoms with Crippen LogP contribution in [-0.2, 0) is 0 Å². The van der Waals surface area contributed by atoms with E-state index >= 15 is 0 Å². The Hall–Kier alpha value is -1.88. The standard InChI is InChI=1S/C14H12FNO2S/c1-9(17)13-6-10(15)8-16-14(13)18-11-4-3-5-12(7-11)19-2/h3-8H,1-2H3. The van der Waals surface area contributed by atoms with Crippen LogP contribution < -0.4 is 4.74 Å². The van der Waals surface area contributed by atoms with Gasteiger partial charge in [-0.15, -0.1) is 11.8 Å². The third-order valence-corrected chi connectivity index (χ3v) is 3.18. The number of carbonyl (C=O) groups is 1. The van der Waals surface area contributed by atoms with Gasteiger partial charge in [0.05, 0.1) is 11.8 Å². The summed E-state index contributed by atoms with van der Waals surface area (Å²) in [7, 11) is 0. The van der Waals surface area contributed by atoms with Gasteiger partial charge in [0.2, 0.25) is 5.88 Å².